The summed E-state index contributed by atoms with van der Waals surface area (Å²) in [6.07, 6.45) is 0.777. The van der Waals surface area contributed by atoms with Crippen molar-refractivity contribution in [1.82, 2.24) is 10.3 Å². The molecule has 1 amide bonds. The van der Waals surface area contributed by atoms with Crippen LogP contribution in [-0.4, -0.2) is 37.7 Å². The lowest BCUT2D eigenvalue weighted by atomic mass is 10.2. The average molecular weight is 286 g/mol. The molecule has 0 aromatic carbocycles. The number of ether oxygens (including phenoxy) is 1. The lowest BCUT2D eigenvalue weighted by Crippen LogP contribution is -2.25. The van der Waals surface area contributed by atoms with Crippen molar-refractivity contribution >= 4 is 28.2 Å². The number of carbonyl (C=O) groups excluding carboxylic acids is 1. The Balaban J connectivity index is 2.50. The zero-order valence-electron chi connectivity index (χ0n) is 11.7. The van der Waals surface area contributed by atoms with Crippen molar-refractivity contribution in [3.63, 3.8) is 0 Å². The molecule has 0 aliphatic rings. The first-order valence-corrected chi connectivity index (χ1v) is 7.13. The molecular formula is C12H22N4O2S. The summed E-state index contributed by atoms with van der Waals surface area (Å²) in [5.41, 5.74) is 5.75. The van der Waals surface area contributed by atoms with Gasteiger partial charge in [0.05, 0.1) is 0 Å². The number of nitrogens with one attached hydrogen (secondary N) is 2. The van der Waals surface area contributed by atoms with Gasteiger partial charge in [0.1, 0.15) is 10.7 Å². The second kappa shape index (κ2) is 7.96. The van der Waals surface area contributed by atoms with E-state index in [1.165, 1.54) is 11.3 Å². The number of thiazole rings is 1. The molecule has 108 valence electrons. The highest BCUT2D eigenvalue weighted by Gasteiger charge is 2.15. The second-order valence-corrected chi connectivity index (χ2v) is 5.61. The Labute approximate surface area is 117 Å². The van der Waals surface area contributed by atoms with Gasteiger partial charge in [-0.25, -0.2) is 4.98 Å². The van der Waals surface area contributed by atoms with E-state index >= 15 is 0 Å². The van der Waals surface area contributed by atoms with Crippen LogP contribution in [0.3, 0.4) is 0 Å². The van der Waals surface area contributed by atoms with Crippen LogP contribution in [0.2, 0.25) is 0 Å². The molecule has 0 aliphatic heterocycles. The van der Waals surface area contributed by atoms with E-state index in [1.807, 2.05) is 0 Å². The average Bonchev–Trinajstić information content (AvgIpc) is 2.73. The van der Waals surface area contributed by atoms with Gasteiger partial charge < -0.3 is 21.1 Å². The topological polar surface area (TPSA) is 89.3 Å². The largest absolute Gasteiger partial charge is 0.385 e. The summed E-state index contributed by atoms with van der Waals surface area (Å²) in [7, 11) is 1.63. The molecule has 1 heterocycles. The lowest BCUT2D eigenvalue weighted by Gasteiger charge is -2.04. The molecule has 1 aromatic rings. The normalized spacial score (nSPS) is 10.7. The fourth-order valence-electron chi connectivity index (χ4n) is 1.36. The van der Waals surface area contributed by atoms with Gasteiger partial charge in [-0.1, -0.05) is 25.2 Å². The van der Waals surface area contributed by atoms with Crippen LogP contribution in [0, 0.1) is 5.92 Å². The Morgan fingerprint density at radius 1 is 1.53 bits per heavy atom. The maximum atomic E-state index is 11.9. The van der Waals surface area contributed by atoms with Gasteiger partial charge in [-0.2, -0.15) is 0 Å². The maximum absolute atomic E-state index is 11.9. The van der Waals surface area contributed by atoms with Crippen molar-refractivity contribution < 1.29 is 9.53 Å². The summed E-state index contributed by atoms with van der Waals surface area (Å²) in [6.45, 7) is 6.21. The third kappa shape index (κ3) is 5.44. The van der Waals surface area contributed by atoms with Crippen LogP contribution < -0.4 is 16.4 Å². The number of rotatable bonds is 8. The summed E-state index contributed by atoms with van der Waals surface area (Å²) in [5.74, 6) is 0.612. The number of carbonyl (C=O) groups is 1. The number of aromatic nitrogens is 1. The highest BCUT2D eigenvalue weighted by atomic mass is 32.1. The van der Waals surface area contributed by atoms with E-state index in [9.17, 15) is 4.79 Å². The van der Waals surface area contributed by atoms with Crippen molar-refractivity contribution in [2.75, 3.05) is 37.9 Å². The van der Waals surface area contributed by atoms with Gasteiger partial charge in [0.2, 0.25) is 0 Å². The van der Waals surface area contributed by atoms with E-state index in [4.69, 9.17) is 10.5 Å². The van der Waals surface area contributed by atoms with Crippen LogP contribution in [-0.2, 0) is 4.74 Å². The minimum absolute atomic E-state index is 0.177. The molecule has 0 saturated carbocycles. The van der Waals surface area contributed by atoms with Crippen molar-refractivity contribution in [2.24, 2.45) is 5.92 Å². The summed E-state index contributed by atoms with van der Waals surface area (Å²) >= 11 is 1.28. The number of hydrogen-bond donors (Lipinski definition) is 3. The number of hydrogen-bond acceptors (Lipinski definition) is 6. The van der Waals surface area contributed by atoms with Crippen LogP contribution in [0.5, 0.6) is 0 Å². The van der Waals surface area contributed by atoms with Crippen LogP contribution in [0.1, 0.15) is 29.9 Å². The summed E-state index contributed by atoms with van der Waals surface area (Å²) in [4.78, 5) is 16.5. The van der Waals surface area contributed by atoms with E-state index in [2.05, 4.69) is 29.5 Å². The fraction of sp³-hybridized carbons (Fsp3) is 0.667. The molecule has 0 saturated heterocycles. The van der Waals surface area contributed by atoms with Gasteiger partial charge in [0.15, 0.2) is 5.13 Å². The first kappa shape index (κ1) is 15.7. The second-order valence-electron chi connectivity index (χ2n) is 4.61. The van der Waals surface area contributed by atoms with Gasteiger partial charge in [-0.15, -0.1) is 0 Å². The first-order valence-electron chi connectivity index (χ1n) is 6.32. The molecule has 0 unspecified atom stereocenters. The van der Waals surface area contributed by atoms with E-state index in [-0.39, 0.29) is 11.7 Å². The Bertz CT molecular complexity index is 406. The number of anilines is 2. The van der Waals surface area contributed by atoms with Crippen LogP contribution in [0.4, 0.5) is 10.9 Å². The van der Waals surface area contributed by atoms with E-state index in [1.54, 1.807) is 7.11 Å². The quantitative estimate of drug-likeness (QED) is 0.631. The standard InChI is InChI=1S/C12H22N4O2S/c1-8(2)7-15-12-16-10(13)9(19-12)11(17)14-5-4-6-18-3/h8H,4-7,13H2,1-3H3,(H,14,17)(H,15,16). The number of nitrogens with zero attached hydrogens (tertiary/aromatic N) is 1. The van der Waals surface area contributed by atoms with E-state index in [0.29, 0.717) is 29.1 Å². The molecule has 0 spiro atoms. The molecule has 0 bridgehead atoms. The lowest BCUT2D eigenvalue weighted by molar-refractivity contribution is 0.0953. The molecule has 6 nitrogen and oxygen atoms in total. The Morgan fingerprint density at radius 2 is 2.26 bits per heavy atom. The van der Waals surface area contributed by atoms with Crippen molar-refractivity contribution in [2.45, 2.75) is 20.3 Å². The van der Waals surface area contributed by atoms with Crippen LogP contribution >= 0.6 is 11.3 Å². The molecule has 1 rings (SSSR count). The predicted molar refractivity (Wildman–Crippen MR) is 78.7 cm³/mol. The number of nitrogens with two attached hydrogens (primary N) is 1. The van der Waals surface area contributed by atoms with Gasteiger partial charge in [0, 0.05) is 26.8 Å². The molecule has 0 radical (unpaired) electrons. The molecule has 19 heavy (non-hydrogen) atoms. The van der Waals surface area contributed by atoms with Crippen LogP contribution in [0.25, 0.3) is 0 Å². The zero-order chi connectivity index (χ0) is 14.3. The predicted octanol–water partition coefficient (Wildman–Crippen LogP) is 1.56. The number of methoxy groups -OCH3 is 1. The van der Waals surface area contributed by atoms with Crippen molar-refractivity contribution in [3.05, 3.63) is 4.88 Å². The molecule has 0 aliphatic carbocycles. The fourth-order valence-corrected chi connectivity index (χ4v) is 2.17. The summed E-state index contributed by atoms with van der Waals surface area (Å²) in [6, 6.07) is 0. The Hall–Kier alpha value is -1.34. The third-order valence-corrected chi connectivity index (χ3v) is 3.36. The van der Waals surface area contributed by atoms with Crippen molar-refractivity contribution in [3.8, 4) is 0 Å². The number of nitrogen functional groups attached to an aromatic ring is 1. The smallest absolute Gasteiger partial charge is 0.265 e. The maximum Gasteiger partial charge on any atom is 0.265 e. The molecule has 7 heteroatoms. The van der Waals surface area contributed by atoms with Crippen molar-refractivity contribution in [1.29, 1.82) is 0 Å². The molecule has 1 aromatic heterocycles. The summed E-state index contributed by atoms with van der Waals surface area (Å²) in [5, 5.41) is 6.65. The highest BCUT2D eigenvalue weighted by Crippen LogP contribution is 2.24. The van der Waals surface area contributed by atoms with Gasteiger partial charge in [-0.3, -0.25) is 4.79 Å². The molecule has 0 fully saturated rings. The van der Waals surface area contributed by atoms with E-state index < -0.39 is 0 Å². The minimum Gasteiger partial charge on any atom is -0.385 e. The molecule has 4 N–H and O–H groups in total. The third-order valence-electron chi connectivity index (χ3n) is 2.33. The molecular weight excluding hydrogens is 264 g/mol. The Kier molecular flexibility index (Phi) is 6.58. The highest BCUT2D eigenvalue weighted by molar-refractivity contribution is 7.18. The van der Waals surface area contributed by atoms with Crippen LogP contribution in [0.15, 0.2) is 0 Å². The number of amides is 1. The Morgan fingerprint density at radius 3 is 2.89 bits per heavy atom. The van der Waals surface area contributed by atoms with Gasteiger partial charge in [-0.05, 0) is 12.3 Å². The monoisotopic (exact) mass is 286 g/mol. The van der Waals surface area contributed by atoms with Gasteiger partial charge in [0.25, 0.3) is 5.91 Å². The minimum atomic E-state index is -0.177. The summed E-state index contributed by atoms with van der Waals surface area (Å²) < 4.78 is 4.92. The van der Waals surface area contributed by atoms with Gasteiger partial charge >= 0.3 is 0 Å². The SMILES string of the molecule is COCCCNC(=O)c1sc(NCC(C)C)nc1N. The molecule has 0 atom stereocenters. The zero-order valence-corrected chi connectivity index (χ0v) is 12.5. The first-order chi connectivity index (χ1) is 9.04. The van der Waals surface area contributed by atoms with E-state index in [0.717, 1.165) is 13.0 Å².